The number of esters is 1. The molecule has 3 atom stereocenters. The lowest BCUT2D eigenvalue weighted by Crippen LogP contribution is -2.46. The van der Waals surface area contributed by atoms with E-state index in [1.807, 2.05) is 0 Å². The molecule has 0 saturated carbocycles. The van der Waals surface area contributed by atoms with Crippen LogP contribution in [0.1, 0.15) is 278 Å². The van der Waals surface area contributed by atoms with Gasteiger partial charge in [-0.05, 0) is 25.7 Å². The number of nitrogens with one attached hydrogen (secondary N) is 1. The summed E-state index contributed by atoms with van der Waals surface area (Å²) >= 11 is 0. The summed E-state index contributed by atoms with van der Waals surface area (Å²) in [6.45, 7) is 6.49. The summed E-state index contributed by atoms with van der Waals surface area (Å²) in [5.41, 5.74) is 0. The van der Waals surface area contributed by atoms with Gasteiger partial charge >= 0.3 is 5.97 Å². The molecule has 0 radical (unpaired) electrons. The van der Waals surface area contributed by atoms with Crippen LogP contribution in [-0.2, 0) is 14.3 Å². The summed E-state index contributed by atoms with van der Waals surface area (Å²) in [5.74, 6) is -0.456. The summed E-state index contributed by atoms with van der Waals surface area (Å²) in [7, 11) is 0. The van der Waals surface area contributed by atoms with E-state index in [0.717, 1.165) is 38.5 Å². The first-order valence-corrected chi connectivity index (χ1v) is 24.8. The second-order valence-corrected chi connectivity index (χ2v) is 17.2. The average Bonchev–Trinajstić information content (AvgIpc) is 3.18. The number of aliphatic hydroxyl groups excluding tert-OH is 2. The van der Waals surface area contributed by atoms with Gasteiger partial charge in [-0.3, -0.25) is 9.59 Å². The molecule has 0 aromatic heterocycles. The quantitative estimate of drug-likeness (QED) is 0.0422. The third kappa shape index (κ3) is 39.5. The Morgan fingerprint density at radius 2 is 0.764 bits per heavy atom. The van der Waals surface area contributed by atoms with Crippen LogP contribution in [0.3, 0.4) is 0 Å². The zero-order chi connectivity index (χ0) is 40.3. The van der Waals surface area contributed by atoms with E-state index >= 15 is 0 Å². The molecular weight excluding hydrogens is 683 g/mol. The van der Waals surface area contributed by atoms with Crippen molar-refractivity contribution in [2.75, 3.05) is 6.61 Å². The van der Waals surface area contributed by atoms with Crippen molar-refractivity contribution in [3.8, 4) is 0 Å². The molecule has 0 rings (SSSR count). The molecule has 0 heterocycles. The number of amides is 1. The van der Waals surface area contributed by atoms with Crippen LogP contribution < -0.4 is 5.32 Å². The Bertz CT molecular complexity index is 791. The molecule has 0 aliphatic heterocycles. The SMILES string of the molecule is CCCCCCCCCCCCCCCCC(=O)OC(CCCCCCCCCCC)CC(=O)NC(CO)C(O)CCCCCCCCCCCCCCC. The van der Waals surface area contributed by atoms with E-state index in [2.05, 4.69) is 26.1 Å². The maximum atomic E-state index is 13.1. The molecule has 3 unspecified atom stereocenters. The number of rotatable bonds is 45. The van der Waals surface area contributed by atoms with Gasteiger partial charge in [0.05, 0.1) is 25.2 Å². The second kappa shape index (κ2) is 44.0. The van der Waals surface area contributed by atoms with E-state index < -0.39 is 18.2 Å². The number of ether oxygens (including phenoxy) is 1. The Labute approximate surface area is 343 Å². The van der Waals surface area contributed by atoms with Crippen molar-refractivity contribution >= 4 is 11.9 Å². The van der Waals surface area contributed by atoms with E-state index in [1.54, 1.807) is 0 Å². The minimum atomic E-state index is -0.777. The highest BCUT2D eigenvalue weighted by molar-refractivity contribution is 5.77. The van der Waals surface area contributed by atoms with Gasteiger partial charge in [0.1, 0.15) is 6.10 Å². The first-order chi connectivity index (χ1) is 27.0. The fourth-order valence-corrected chi connectivity index (χ4v) is 7.90. The maximum Gasteiger partial charge on any atom is 0.306 e. The van der Waals surface area contributed by atoms with Gasteiger partial charge in [0, 0.05) is 6.42 Å². The lowest BCUT2D eigenvalue weighted by Gasteiger charge is -2.24. The van der Waals surface area contributed by atoms with E-state index in [0.29, 0.717) is 19.3 Å². The molecule has 0 fully saturated rings. The Balaban J connectivity index is 4.44. The van der Waals surface area contributed by atoms with Gasteiger partial charge in [-0.1, -0.05) is 239 Å². The maximum absolute atomic E-state index is 13.1. The average molecular weight is 780 g/mol. The normalized spacial score (nSPS) is 13.2. The molecule has 0 aliphatic rings. The van der Waals surface area contributed by atoms with Crippen molar-refractivity contribution in [1.82, 2.24) is 5.32 Å². The standard InChI is InChI=1S/C49H97NO5/c1-4-7-10-13-16-19-21-23-25-27-30-33-36-39-42-49(54)55-45(40-37-34-31-28-18-15-12-9-6-3)43-48(53)50-46(44-51)47(52)41-38-35-32-29-26-24-22-20-17-14-11-8-5-2/h45-47,51-52H,4-44H2,1-3H3,(H,50,53). The zero-order valence-corrected chi connectivity index (χ0v) is 37.3. The molecule has 0 aromatic carbocycles. The first kappa shape index (κ1) is 53.9. The van der Waals surface area contributed by atoms with E-state index in [9.17, 15) is 19.8 Å². The van der Waals surface area contributed by atoms with Gasteiger partial charge < -0.3 is 20.3 Å². The lowest BCUT2D eigenvalue weighted by atomic mass is 10.0. The molecule has 328 valence electrons. The first-order valence-electron chi connectivity index (χ1n) is 24.8. The fraction of sp³-hybridized carbons (Fsp3) is 0.959. The van der Waals surface area contributed by atoms with Crippen LogP contribution in [0.15, 0.2) is 0 Å². The zero-order valence-electron chi connectivity index (χ0n) is 37.3. The number of carbonyl (C=O) groups is 2. The van der Waals surface area contributed by atoms with Crippen LogP contribution in [0.5, 0.6) is 0 Å². The summed E-state index contributed by atoms with van der Waals surface area (Å²) < 4.78 is 5.91. The van der Waals surface area contributed by atoms with Gasteiger partial charge in [-0.25, -0.2) is 0 Å². The lowest BCUT2D eigenvalue weighted by molar-refractivity contribution is -0.151. The molecule has 0 bridgehead atoms. The molecule has 0 saturated heterocycles. The Kier molecular flexibility index (Phi) is 43.1. The van der Waals surface area contributed by atoms with Gasteiger partial charge in [0.25, 0.3) is 0 Å². The van der Waals surface area contributed by atoms with E-state index in [4.69, 9.17) is 4.74 Å². The van der Waals surface area contributed by atoms with Crippen molar-refractivity contribution in [2.45, 2.75) is 296 Å². The number of carbonyl (C=O) groups excluding carboxylic acids is 2. The Morgan fingerprint density at radius 1 is 0.455 bits per heavy atom. The molecule has 1 amide bonds. The van der Waals surface area contributed by atoms with Crippen molar-refractivity contribution in [2.24, 2.45) is 0 Å². The highest BCUT2D eigenvalue weighted by atomic mass is 16.5. The Hall–Kier alpha value is -1.14. The minimum absolute atomic E-state index is 0.0868. The van der Waals surface area contributed by atoms with Crippen molar-refractivity contribution in [3.05, 3.63) is 0 Å². The number of unbranched alkanes of at least 4 members (excludes halogenated alkanes) is 33. The molecule has 0 aromatic rings. The molecule has 6 heteroatoms. The topological polar surface area (TPSA) is 95.9 Å². The van der Waals surface area contributed by atoms with Crippen LogP contribution in [0.4, 0.5) is 0 Å². The minimum Gasteiger partial charge on any atom is -0.462 e. The highest BCUT2D eigenvalue weighted by Crippen LogP contribution is 2.18. The van der Waals surface area contributed by atoms with E-state index in [-0.39, 0.29) is 24.9 Å². The summed E-state index contributed by atoms with van der Waals surface area (Å²) in [4.78, 5) is 26.0. The van der Waals surface area contributed by atoms with Crippen LogP contribution in [0, 0.1) is 0 Å². The van der Waals surface area contributed by atoms with Crippen LogP contribution in [-0.4, -0.2) is 46.9 Å². The van der Waals surface area contributed by atoms with Crippen LogP contribution in [0.2, 0.25) is 0 Å². The molecular formula is C49H97NO5. The van der Waals surface area contributed by atoms with Gasteiger partial charge in [0.2, 0.25) is 5.91 Å². The van der Waals surface area contributed by atoms with Gasteiger partial charge in [-0.15, -0.1) is 0 Å². The van der Waals surface area contributed by atoms with Gasteiger partial charge in [0.15, 0.2) is 0 Å². The monoisotopic (exact) mass is 780 g/mol. The van der Waals surface area contributed by atoms with Crippen molar-refractivity contribution < 1.29 is 24.5 Å². The van der Waals surface area contributed by atoms with Crippen LogP contribution in [0.25, 0.3) is 0 Å². The molecule has 55 heavy (non-hydrogen) atoms. The van der Waals surface area contributed by atoms with Crippen molar-refractivity contribution in [3.63, 3.8) is 0 Å². The number of hydrogen-bond donors (Lipinski definition) is 3. The van der Waals surface area contributed by atoms with Gasteiger partial charge in [-0.2, -0.15) is 0 Å². The molecule has 3 N–H and O–H groups in total. The summed E-state index contributed by atoms with van der Waals surface area (Å²) in [6.07, 6.45) is 45.9. The largest absolute Gasteiger partial charge is 0.462 e. The number of aliphatic hydroxyl groups is 2. The smallest absolute Gasteiger partial charge is 0.306 e. The van der Waals surface area contributed by atoms with Crippen LogP contribution >= 0.6 is 0 Å². The van der Waals surface area contributed by atoms with E-state index in [1.165, 1.54) is 193 Å². The Morgan fingerprint density at radius 3 is 1.11 bits per heavy atom. The molecule has 0 spiro atoms. The predicted molar refractivity (Wildman–Crippen MR) is 237 cm³/mol. The fourth-order valence-electron chi connectivity index (χ4n) is 7.90. The second-order valence-electron chi connectivity index (χ2n) is 17.2. The third-order valence-electron chi connectivity index (χ3n) is 11.7. The predicted octanol–water partition coefficient (Wildman–Crippen LogP) is 14.4. The summed E-state index contributed by atoms with van der Waals surface area (Å²) in [6, 6.07) is -0.690. The molecule has 0 aliphatic carbocycles. The highest BCUT2D eigenvalue weighted by Gasteiger charge is 2.24. The van der Waals surface area contributed by atoms with Crippen molar-refractivity contribution in [1.29, 1.82) is 0 Å². The number of hydrogen-bond acceptors (Lipinski definition) is 5. The summed E-state index contributed by atoms with van der Waals surface area (Å²) in [5, 5.41) is 23.7. The molecule has 6 nitrogen and oxygen atoms in total. The third-order valence-corrected chi connectivity index (χ3v) is 11.7.